The summed E-state index contributed by atoms with van der Waals surface area (Å²) in [6, 6.07) is 19.0. The van der Waals surface area contributed by atoms with Crippen LogP contribution in [0.15, 0.2) is 79.3 Å². The van der Waals surface area contributed by atoms with Crippen LogP contribution in [0, 0.1) is 0 Å². The molecule has 0 fully saturated rings. The van der Waals surface area contributed by atoms with Crippen molar-refractivity contribution in [3.05, 3.63) is 102 Å². The Hall–Kier alpha value is -4.30. The predicted octanol–water partition coefficient (Wildman–Crippen LogP) is 3.55. The number of aromatic nitrogens is 3. The van der Waals surface area contributed by atoms with Crippen LogP contribution in [-0.2, 0) is 28.9 Å². The SMILES string of the molecule is COC(=O)c1cc(-c2ccncc2)cc2c1CCN2C(=O)[C@H](Cc1ccccc1)NCc1ccn[nH]1. The van der Waals surface area contributed by atoms with Gasteiger partial charge in [-0.05, 0) is 65.4 Å². The number of methoxy groups -OCH3 is 1. The zero-order chi connectivity index (χ0) is 24.9. The summed E-state index contributed by atoms with van der Waals surface area (Å²) >= 11 is 0. The third-order valence-corrected chi connectivity index (χ3v) is 6.47. The molecular formula is C28H27N5O3. The number of nitrogens with one attached hydrogen (secondary N) is 2. The highest BCUT2D eigenvalue weighted by Crippen LogP contribution is 2.36. The average Bonchev–Trinajstić information content (AvgIpc) is 3.61. The molecule has 36 heavy (non-hydrogen) atoms. The van der Waals surface area contributed by atoms with Gasteiger partial charge in [-0.1, -0.05) is 30.3 Å². The minimum atomic E-state index is -0.465. The summed E-state index contributed by atoms with van der Waals surface area (Å²) in [5.74, 6) is -0.450. The van der Waals surface area contributed by atoms with Crippen LogP contribution in [-0.4, -0.2) is 46.8 Å². The first-order valence-corrected chi connectivity index (χ1v) is 11.9. The molecule has 0 aliphatic carbocycles. The van der Waals surface area contributed by atoms with Crippen LogP contribution in [0.4, 0.5) is 5.69 Å². The maximum Gasteiger partial charge on any atom is 0.338 e. The summed E-state index contributed by atoms with van der Waals surface area (Å²) in [7, 11) is 1.38. The van der Waals surface area contributed by atoms with E-state index in [2.05, 4.69) is 20.5 Å². The van der Waals surface area contributed by atoms with Crippen molar-refractivity contribution in [1.29, 1.82) is 0 Å². The van der Waals surface area contributed by atoms with Crippen molar-refractivity contribution < 1.29 is 14.3 Å². The number of carbonyl (C=O) groups is 2. The van der Waals surface area contributed by atoms with Gasteiger partial charge in [-0.3, -0.25) is 20.2 Å². The smallest absolute Gasteiger partial charge is 0.338 e. The number of esters is 1. The third kappa shape index (κ3) is 4.89. The normalized spacial score (nSPS) is 13.3. The summed E-state index contributed by atoms with van der Waals surface area (Å²) < 4.78 is 5.08. The van der Waals surface area contributed by atoms with E-state index in [4.69, 9.17) is 4.74 Å². The highest BCUT2D eigenvalue weighted by Gasteiger charge is 2.33. The van der Waals surface area contributed by atoms with Crippen molar-refractivity contribution in [3.8, 4) is 11.1 Å². The number of ether oxygens (including phenoxy) is 1. The zero-order valence-electron chi connectivity index (χ0n) is 20.0. The van der Waals surface area contributed by atoms with Gasteiger partial charge >= 0.3 is 5.97 Å². The highest BCUT2D eigenvalue weighted by molar-refractivity contribution is 6.03. The average molecular weight is 482 g/mol. The number of fused-ring (bicyclic) bond motifs is 1. The molecule has 5 rings (SSSR count). The van der Waals surface area contributed by atoms with Gasteiger partial charge in [0, 0.05) is 43.1 Å². The molecule has 4 aromatic rings. The zero-order valence-corrected chi connectivity index (χ0v) is 20.0. The number of hydrogen-bond donors (Lipinski definition) is 2. The van der Waals surface area contributed by atoms with E-state index in [9.17, 15) is 9.59 Å². The lowest BCUT2D eigenvalue weighted by Gasteiger charge is -2.26. The second-order valence-corrected chi connectivity index (χ2v) is 8.69. The number of benzene rings is 2. The van der Waals surface area contributed by atoms with Crippen LogP contribution in [0.5, 0.6) is 0 Å². The van der Waals surface area contributed by atoms with Crippen molar-refractivity contribution in [3.63, 3.8) is 0 Å². The fraction of sp³-hybridized carbons (Fsp3) is 0.214. The molecule has 0 unspecified atom stereocenters. The largest absolute Gasteiger partial charge is 0.465 e. The van der Waals surface area contributed by atoms with Crippen molar-refractivity contribution in [2.75, 3.05) is 18.6 Å². The number of anilines is 1. The fourth-order valence-electron chi connectivity index (χ4n) is 4.64. The number of carbonyl (C=O) groups excluding carboxylic acids is 2. The first-order chi connectivity index (χ1) is 17.6. The molecule has 0 saturated heterocycles. The fourth-order valence-corrected chi connectivity index (χ4v) is 4.64. The molecule has 1 aliphatic heterocycles. The van der Waals surface area contributed by atoms with Crippen LogP contribution in [0.3, 0.4) is 0 Å². The van der Waals surface area contributed by atoms with E-state index in [1.807, 2.05) is 60.7 Å². The third-order valence-electron chi connectivity index (χ3n) is 6.47. The molecule has 1 atom stereocenters. The van der Waals surface area contributed by atoms with Gasteiger partial charge in [-0.2, -0.15) is 5.10 Å². The molecule has 8 nitrogen and oxygen atoms in total. The molecule has 0 saturated carbocycles. The van der Waals surface area contributed by atoms with E-state index < -0.39 is 12.0 Å². The quantitative estimate of drug-likeness (QED) is 0.374. The van der Waals surface area contributed by atoms with E-state index >= 15 is 0 Å². The van der Waals surface area contributed by atoms with Crippen LogP contribution in [0.1, 0.15) is 27.2 Å². The van der Waals surface area contributed by atoms with Gasteiger partial charge in [0.2, 0.25) is 5.91 Å². The minimum Gasteiger partial charge on any atom is -0.465 e. The summed E-state index contributed by atoms with van der Waals surface area (Å²) in [5.41, 5.74) is 5.78. The molecule has 3 heterocycles. The Morgan fingerprint density at radius 1 is 1.06 bits per heavy atom. The molecule has 2 aromatic carbocycles. The summed E-state index contributed by atoms with van der Waals surface area (Å²) in [6.07, 6.45) is 6.22. The van der Waals surface area contributed by atoms with Gasteiger partial charge in [0.15, 0.2) is 0 Å². The molecule has 0 spiro atoms. The molecule has 8 heteroatoms. The van der Waals surface area contributed by atoms with Gasteiger partial charge in [0.1, 0.15) is 0 Å². The van der Waals surface area contributed by atoms with E-state index in [1.54, 1.807) is 23.5 Å². The minimum absolute atomic E-state index is 0.0418. The van der Waals surface area contributed by atoms with Crippen molar-refractivity contribution in [2.24, 2.45) is 0 Å². The maximum atomic E-state index is 14.0. The topological polar surface area (TPSA) is 100 Å². The summed E-state index contributed by atoms with van der Waals surface area (Å²) in [5, 5.41) is 10.3. The van der Waals surface area contributed by atoms with Crippen molar-refractivity contribution in [1.82, 2.24) is 20.5 Å². The Morgan fingerprint density at radius 2 is 1.86 bits per heavy atom. The molecule has 0 bridgehead atoms. The van der Waals surface area contributed by atoms with Crippen LogP contribution >= 0.6 is 0 Å². The lowest BCUT2D eigenvalue weighted by Crippen LogP contribution is -2.47. The number of hydrogen-bond acceptors (Lipinski definition) is 6. The highest BCUT2D eigenvalue weighted by atomic mass is 16.5. The van der Waals surface area contributed by atoms with Crippen LogP contribution in [0.2, 0.25) is 0 Å². The number of aromatic amines is 1. The monoisotopic (exact) mass is 481 g/mol. The maximum absolute atomic E-state index is 14.0. The molecule has 1 amide bonds. The molecule has 2 N–H and O–H groups in total. The lowest BCUT2D eigenvalue weighted by molar-refractivity contribution is -0.120. The van der Waals surface area contributed by atoms with Crippen LogP contribution < -0.4 is 10.2 Å². The molecule has 0 radical (unpaired) electrons. The Bertz CT molecular complexity index is 1340. The number of rotatable bonds is 8. The summed E-state index contributed by atoms with van der Waals surface area (Å²) in [4.78, 5) is 32.5. The van der Waals surface area contributed by atoms with Gasteiger partial charge in [0.25, 0.3) is 0 Å². The Balaban J connectivity index is 1.50. The van der Waals surface area contributed by atoms with E-state index in [-0.39, 0.29) is 5.91 Å². The molecule has 1 aliphatic rings. The second kappa shape index (κ2) is 10.5. The van der Waals surface area contributed by atoms with Gasteiger partial charge in [0.05, 0.1) is 18.7 Å². The van der Waals surface area contributed by atoms with E-state index in [0.717, 1.165) is 33.6 Å². The van der Waals surface area contributed by atoms with Gasteiger partial charge in [-0.25, -0.2) is 4.79 Å². The Labute approximate surface area is 209 Å². The first kappa shape index (κ1) is 23.4. The lowest BCUT2D eigenvalue weighted by atomic mass is 9.97. The summed E-state index contributed by atoms with van der Waals surface area (Å²) in [6.45, 7) is 0.976. The van der Waals surface area contributed by atoms with Crippen LogP contribution in [0.25, 0.3) is 11.1 Å². The van der Waals surface area contributed by atoms with Gasteiger partial charge in [-0.15, -0.1) is 0 Å². The molecule has 2 aromatic heterocycles. The number of nitrogens with zero attached hydrogens (tertiary/aromatic N) is 3. The molecular weight excluding hydrogens is 454 g/mol. The van der Waals surface area contributed by atoms with Gasteiger partial charge < -0.3 is 9.64 Å². The van der Waals surface area contributed by atoms with Crippen molar-refractivity contribution >= 4 is 17.6 Å². The van der Waals surface area contributed by atoms with E-state index in [0.29, 0.717) is 31.5 Å². The van der Waals surface area contributed by atoms with E-state index in [1.165, 1.54) is 7.11 Å². The number of amides is 1. The number of H-pyrrole nitrogens is 1. The number of pyridine rings is 1. The first-order valence-electron chi connectivity index (χ1n) is 11.9. The molecule has 182 valence electrons. The van der Waals surface area contributed by atoms with Crippen molar-refractivity contribution in [2.45, 2.75) is 25.4 Å². The standard InChI is InChI=1S/C28H27N5O3/c1-36-28(35)24-16-21(20-7-11-29-12-8-20)17-26-23(24)10-14-33(26)27(34)25(15-19-5-3-2-4-6-19)30-18-22-9-13-31-32-22/h2-9,11-13,16-17,25,30H,10,14-15,18H2,1H3,(H,31,32)/t25-/m0/s1. The Kier molecular flexibility index (Phi) is 6.86. The predicted molar refractivity (Wildman–Crippen MR) is 136 cm³/mol. The second-order valence-electron chi connectivity index (χ2n) is 8.69. The Morgan fingerprint density at radius 3 is 2.58 bits per heavy atom.